The van der Waals surface area contributed by atoms with Crippen molar-refractivity contribution in [2.45, 2.75) is 6.54 Å². The number of halogens is 1. The summed E-state index contributed by atoms with van der Waals surface area (Å²) in [5, 5.41) is 11.1. The number of hydrogen-bond donors (Lipinski definition) is 0. The van der Waals surface area contributed by atoms with Crippen LogP contribution in [-0.2, 0) is 6.54 Å². The molecule has 15 heavy (non-hydrogen) atoms. The first-order chi connectivity index (χ1) is 7.16. The summed E-state index contributed by atoms with van der Waals surface area (Å²) in [7, 11) is 0. The SMILES string of the molecule is O=[N+]([O-])Cc1cccc2ccc(F)nc12. The van der Waals surface area contributed by atoms with E-state index < -0.39 is 10.9 Å². The highest BCUT2D eigenvalue weighted by atomic mass is 19.1. The molecule has 0 amide bonds. The highest BCUT2D eigenvalue weighted by Gasteiger charge is 2.08. The van der Waals surface area contributed by atoms with Crippen molar-refractivity contribution >= 4 is 10.9 Å². The maximum atomic E-state index is 12.9. The van der Waals surface area contributed by atoms with Crippen molar-refractivity contribution < 1.29 is 9.31 Å². The Morgan fingerprint density at radius 1 is 1.33 bits per heavy atom. The fourth-order valence-electron chi connectivity index (χ4n) is 1.45. The van der Waals surface area contributed by atoms with E-state index in [1.54, 1.807) is 24.3 Å². The molecule has 2 rings (SSSR count). The van der Waals surface area contributed by atoms with Crippen molar-refractivity contribution in [1.29, 1.82) is 0 Å². The van der Waals surface area contributed by atoms with Crippen molar-refractivity contribution in [1.82, 2.24) is 4.98 Å². The lowest BCUT2D eigenvalue weighted by molar-refractivity contribution is -0.496. The first-order valence-electron chi connectivity index (χ1n) is 4.33. The Balaban J connectivity index is 2.63. The van der Waals surface area contributed by atoms with Gasteiger partial charge in [-0.3, -0.25) is 10.1 Å². The summed E-state index contributed by atoms with van der Waals surface area (Å²) >= 11 is 0. The molecule has 1 aromatic heterocycles. The minimum absolute atomic E-state index is 0.339. The fraction of sp³-hybridized carbons (Fsp3) is 0.100. The van der Waals surface area contributed by atoms with Crippen LogP contribution in [0.25, 0.3) is 10.9 Å². The molecular formula is C10H7FN2O2. The van der Waals surface area contributed by atoms with Crippen LogP contribution < -0.4 is 0 Å². The van der Waals surface area contributed by atoms with Gasteiger partial charge < -0.3 is 0 Å². The lowest BCUT2D eigenvalue weighted by atomic mass is 10.1. The molecule has 0 aliphatic rings. The smallest absolute Gasteiger partial charge is 0.231 e. The van der Waals surface area contributed by atoms with Crippen LogP contribution >= 0.6 is 0 Å². The Morgan fingerprint density at radius 2 is 2.13 bits per heavy atom. The van der Waals surface area contributed by atoms with Gasteiger partial charge in [0, 0.05) is 15.9 Å². The van der Waals surface area contributed by atoms with Gasteiger partial charge in [0.1, 0.15) is 0 Å². The lowest BCUT2D eigenvalue weighted by Crippen LogP contribution is -2.00. The molecular weight excluding hydrogens is 199 g/mol. The van der Waals surface area contributed by atoms with Gasteiger partial charge in [-0.15, -0.1) is 0 Å². The van der Waals surface area contributed by atoms with Gasteiger partial charge in [-0.2, -0.15) is 4.39 Å². The third-order valence-electron chi connectivity index (χ3n) is 2.07. The summed E-state index contributed by atoms with van der Waals surface area (Å²) in [6.07, 6.45) is 0. The predicted molar refractivity (Wildman–Crippen MR) is 52.4 cm³/mol. The summed E-state index contributed by atoms with van der Waals surface area (Å²) < 4.78 is 12.9. The topological polar surface area (TPSA) is 56.0 Å². The van der Waals surface area contributed by atoms with E-state index >= 15 is 0 Å². The van der Waals surface area contributed by atoms with Gasteiger partial charge in [0.05, 0.1) is 5.52 Å². The van der Waals surface area contributed by atoms with E-state index in [9.17, 15) is 14.5 Å². The Morgan fingerprint density at radius 3 is 2.87 bits per heavy atom. The molecule has 1 aromatic carbocycles. The minimum Gasteiger partial charge on any atom is -0.264 e. The van der Waals surface area contributed by atoms with Crippen LogP contribution in [0.15, 0.2) is 30.3 Å². The number of rotatable bonds is 2. The highest BCUT2D eigenvalue weighted by Crippen LogP contribution is 2.17. The van der Waals surface area contributed by atoms with E-state index in [1.807, 2.05) is 0 Å². The van der Waals surface area contributed by atoms with Gasteiger partial charge >= 0.3 is 0 Å². The number of para-hydroxylation sites is 1. The van der Waals surface area contributed by atoms with Crippen molar-refractivity contribution in [3.63, 3.8) is 0 Å². The lowest BCUT2D eigenvalue weighted by Gasteiger charge is -2.01. The number of nitrogens with zero attached hydrogens (tertiary/aromatic N) is 2. The van der Waals surface area contributed by atoms with Gasteiger partial charge in [-0.25, -0.2) is 4.98 Å². The molecule has 4 nitrogen and oxygen atoms in total. The van der Waals surface area contributed by atoms with E-state index in [2.05, 4.69) is 4.98 Å². The van der Waals surface area contributed by atoms with E-state index in [4.69, 9.17) is 0 Å². The molecule has 0 bridgehead atoms. The second-order valence-corrected chi connectivity index (χ2v) is 3.11. The average Bonchev–Trinajstić information content (AvgIpc) is 2.18. The Hall–Kier alpha value is -2.04. The number of pyridine rings is 1. The average molecular weight is 206 g/mol. The van der Waals surface area contributed by atoms with Crippen LogP contribution in [0.4, 0.5) is 4.39 Å². The number of fused-ring (bicyclic) bond motifs is 1. The predicted octanol–water partition coefficient (Wildman–Crippen LogP) is 2.15. The zero-order valence-corrected chi connectivity index (χ0v) is 7.68. The molecule has 0 saturated heterocycles. The van der Waals surface area contributed by atoms with Crippen LogP contribution in [0.2, 0.25) is 0 Å². The second-order valence-electron chi connectivity index (χ2n) is 3.11. The molecule has 0 saturated carbocycles. The van der Waals surface area contributed by atoms with Crippen molar-refractivity contribution in [2.75, 3.05) is 0 Å². The highest BCUT2D eigenvalue weighted by molar-refractivity contribution is 5.81. The van der Waals surface area contributed by atoms with Crippen molar-refractivity contribution in [3.8, 4) is 0 Å². The van der Waals surface area contributed by atoms with Crippen molar-refractivity contribution in [2.24, 2.45) is 0 Å². The Kier molecular flexibility index (Phi) is 2.29. The standard InChI is InChI=1S/C10H7FN2O2/c11-9-5-4-7-2-1-3-8(6-13(14)15)10(7)12-9/h1-5H,6H2. The third-order valence-corrected chi connectivity index (χ3v) is 2.07. The molecule has 0 aliphatic heterocycles. The Bertz CT molecular complexity index is 528. The molecule has 0 atom stereocenters. The largest absolute Gasteiger partial charge is 0.264 e. The minimum atomic E-state index is -0.627. The molecule has 0 N–H and O–H groups in total. The van der Waals surface area contributed by atoms with E-state index in [0.717, 1.165) is 0 Å². The maximum Gasteiger partial charge on any atom is 0.231 e. The van der Waals surface area contributed by atoms with E-state index in [-0.39, 0.29) is 6.54 Å². The normalized spacial score (nSPS) is 10.5. The van der Waals surface area contributed by atoms with Crippen LogP contribution in [0.1, 0.15) is 5.56 Å². The van der Waals surface area contributed by atoms with Gasteiger partial charge in [-0.05, 0) is 12.1 Å². The maximum absolute atomic E-state index is 12.9. The van der Waals surface area contributed by atoms with E-state index in [0.29, 0.717) is 16.5 Å². The molecule has 0 radical (unpaired) electrons. The van der Waals surface area contributed by atoms with Gasteiger partial charge in [0.15, 0.2) is 0 Å². The quantitative estimate of drug-likeness (QED) is 0.429. The van der Waals surface area contributed by atoms with Gasteiger partial charge in [0.25, 0.3) is 0 Å². The van der Waals surface area contributed by atoms with Crippen LogP contribution in [0, 0.1) is 16.1 Å². The van der Waals surface area contributed by atoms with Crippen LogP contribution in [0.3, 0.4) is 0 Å². The molecule has 5 heteroatoms. The number of aromatic nitrogens is 1. The fourth-order valence-corrected chi connectivity index (χ4v) is 1.45. The summed E-state index contributed by atoms with van der Waals surface area (Å²) in [6.45, 7) is -0.339. The number of nitro groups is 1. The number of benzene rings is 1. The molecule has 0 unspecified atom stereocenters. The summed E-state index contributed by atoms with van der Waals surface area (Å²) in [6, 6.07) is 7.81. The van der Waals surface area contributed by atoms with Crippen molar-refractivity contribution in [3.05, 3.63) is 52.0 Å². The van der Waals surface area contributed by atoms with Crippen LogP contribution in [-0.4, -0.2) is 9.91 Å². The third kappa shape index (κ3) is 1.90. The molecule has 1 heterocycles. The summed E-state index contributed by atoms with van der Waals surface area (Å²) in [5.41, 5.74) is 0.784. The summed E-state index contributed by atoms with van der Waals surface area (Å²) in [5.74, 6) is -0.627. The zero-order valence-electron chi connectivity index (χ0n) is 7.68. The second kappa shape index (κ2) is 3.61. The summed E-state index contributed by atoms with van der Waals surface area (Å²) in [4.78, 5) is 13.6. The molecule has 76 valence electrons. The first-order valence-corrected chi connectivity index (χ1v) is 4.33. The molecule has 0 spiro atoms. The van der Waals surface area contributed by atoms with Crippen LogP contribution in [0.5, 0.6) is 0 Å². The molecule has 0 fully saturated rings. The monoisotopic (exact) mass is 206 g/mol. The first kappa shape index (κ1) is 9.51. The molecule has 2 aromatic rings. The van der Waals surface area contributed by atoms with Gasteiger partial charge in [-0.1, -0.05) is 18.2 Å². The molecule has 0 aliphatic carbocycles. The Labute approximate surface area is 84.5 Å². The van der Waals surface area contributed by atoms with Gasteiger partial charge in [0.2, 0.25) is 12.5 Å². The number of hydrogen-bond acceptors (Lipinski definition) is 3. The van der Waals surface area contributed by atoms with E-state index in [1.165, 1.54) is 6.07 Å². The zero-order chi connectivity index (χ0) is 10.8.